The molecule has 0 aliphatic rings. The molecule has 1 rings (SSSR count). The highest BCUT2D eigenvalue weighted by molar-refractivity contribution is 5.87. The zero-order valence-electron chi connectivity index (χ0n) is 11.2. The first-order valence-electron chi connectivity index (χ1n) is 6.16. The smallest absolute Gasteiger partial charge is 0.335 e. The van der Waals surface area contributed by atoms with E-state index in [4.69, 9.17) is 10.4 Å². The molecule has 0 radical (unpaired) electrons. The Hall–Kier alpha value is -2.62. The van der Waals surface area contributed by atoms with Gasteiger partial charge in [-0.1, -0.05) is 0 Å². The lowest BCUT2D eigenvalue weighted by atomic mass is 10.2. The fraction of sp³-hybridized carbons (Fsp3) is 0.385. The molecule has 0 aliphatic carbocycles. The second kappa shape index (κ2) is 7.74. The van der Waals surface area contributed by atoms with Gasteiger partial charge in [0.25, 0.3) is 0 Å². The van der Waals surface area contributed by atoms with Gasteiger partial charge in [-0.2, -0.15) is 5.26 Å². The Balaban J connectivity index is 2.58. The number of nitrogens with zero attached hydrogens (tertiary/aromatic N) is 3. The van der Waals surface area contributed by atoms with Crippen LogP contribution in [-0.4, -0.2) is 40.1 Å². The van der Waals surface area contributed by atoms with Gasteiger partial charge in [-0.15, -0.1) is 0 Å². The Labute approximate surface area is 116 Å². The number of carboxylic acid groups (broad SMARTS) is 1. The minimum Gasteiger partial charge on any atom is -0.478 e. The maximum Gasteiger partial charge on any atom is 0.335 e. The molecule has 106 valence electrons. The van der Waals surface area contributed by atoms with Crippen LogP contribution in [0.2, 0.25) is 0 Å². The standard InChI is InChI=1S/C13H16N4O3/c1-2-17(7-3-5-14)13(20)16-9-11-8-10(12(18)19)4-6-15-11/h4,6,8H,2-3,7,9H2,1H3,(H,16,20)(H,18,19). The summed E-state index contributed by atoms with van der Waals surface area (Å²) >= 11 is 0. The van der Waals surface area contributed by atoms with Crippen molar-refractivity contribution >= 4 is 12.0 Å². The Bertz CT molecular complexity index is 525. The highest BCUT2D eigenvalue weighted by Gasteiger charge is 2.11. The van der Waals surface area contributed by atoms with Crippen molar-refractivity contribution in [2.24, 2.45) is 0 Å². The number of nitrogens with one attached hydrogen (secondary N) is 1. The van der Waals surface area contributed by atoms with E-state index in [-0.39, 0.29) is 24.6 Å². The fourth-order valence-corrected chi connectivity index (χ4v) is 1.57. The van der Waals surface area contributed by atoms with E-state index >= 15 is 0 Å². The minimum atomic E-state index is -1.04. The molecular formula is C13H16N4O3. The molecule has 7 nitrogen and oxygen atoms in total. The minimum absolute atomic E-state index is 0.126. The van der Waals surface area contributed by atoms with Gasteiger partial charge in [-0.25, -0.2) is 9.59 Å². The molecule has 0 aliphatic heterocycles. The zero-order chi connectivity index (χ0) is 15.0. The van der Waals surface area contributed by atoms with Crippen molar-refractivity contribution in [1.29, 1.82) is 5.26 Å². The number of hydrogen-bond donors (Lipinski definition) is 2. The van der Waals surface area contributed by atoms with Crippen molar-refractivity contribution in [3.8, 4) is 6.07 Å². The summed E-state index contributed by atoms with van der Waals surface area (Å²) in [5.41, 5.74) is 0.593. The van der Waals surface area contributed by atoms with Gasteiger partial charge in [0.1, 0.15) is 0 Å². The summed E-state index contributed by atoms with van der Waals surface area (Å²) in [6.45, 7) is 2.82. The average Bonchev–Trinajstić information content (AvgIpc) is 2.46. The number of nitriles is 1. The van der Waals surface area contributed by atoms with Crippen LogP contribution in [0.15, 0.2) is 18.3 Å². The Morgan fingerprint density at radius 1 is 1.55 bits per heavy atom. The lowest BCUT2D eigenvalue weighted by molar-refractivity contribution is 0.0696. The van der Waals surface area contributed by atoms with Gasteiger partial charge in [-0.3, -0.25) is 4.98 Å². The molecule has 0 saturated carbocycles. The summed E-state index contributed by atoms with van der Waals surface area (Å²) in [6.07, 6.45) is 1.66. The zero-order valence-corrected chi connectivity index (χ0v) is 11.2. The van der Waals surface area contributed by atoms with Crippen molar-refractivity contribution in [3.05, 3.63) is 29.6 Å². The van der Waals surface area contributed by atoms with Gasteiger partial charge in [0.15, 0.2) is 0 Å². The molecular weight excluding hydrogens is 260 g/mol. The van der Waals surface area contributed by atoms with Crippen LogP contribution in [-0.2, 0) is 6.54 Å². The van der Waals surface area contributed by atoms with Gasteiger partial charge < -0.3 is 15.3 Å². The number of pyridine rings is 1. The molecule has 1 aromatic heterocycles. The van der Waals surface area contributed by atoms with Crippen LogP contribution in [0.25, 0.3) is 0 Å². The van der Waals surface area contributed by atoms with Crippen molar-refractivity contribution in [3.63, 3.8) is 0 Å². The fourth-order valence-electron chi connectivity index (χ4n) is 1.57. The molecule has 0 unspecified atom stereocenters. The monoisotopic (exact) mass is 276 g/mol. The van der Waals surface area contributed by atoms with Crippen molar-refractivity contribution in [2.75, 3.05) is 13.1 Å². The van der Waals surface area contributed by atoms with Crippen LogP contribution in [0, 0.1) is 11.3 Å². The maximum atomic E-state index is 11.8. The lowest BCUT2D eigenvalue weighted by Gasteiger charge is -2.19. The first-order chi connectivity index (χ1) is 9.58. The van der Waals surface area contributed by atoms with E-state index in [1.165, 1.54) is 23.2 Å². The first-order valence-corrected chi connectivity index (χ1v) is 6.16. The van der Waals surface area contributed by atoms with Crippen LogP contribution in [0.1, 0.15) is 29.4 Å². The maximum absolute atomic E-state index is 11.8. The molecule has 20 heavy (non-hydrogen) atoms. The highest BCUT2D eigenvalue weighted by Crippen LogP contribution is 2.02. The number of hydrogen-bond acceptors (Lipinski definition) is 4. The van der Waals surface area contributed by atoms with E-state index in [9.17, 15) is 9.59 Å². The van der Waals surface area contributed by atoms with Crippen LogP contribution < -0.4 is 5.32 Å². The molecule has 0 atom stereocenters. The first kappa shape index (κ1) is 15.4. The summed E-state index contributed by atoms with van der Waals surface area (Å²) in [7, 11) is 0. The van der Waals surface area contributed by atoms with E-state index in [0.717, 1.165) is 0 Å². The van der Waals surface area contributed by atoms with Crippen LogP contribution in [0.5, 0.6) is 0 Å². The number of rotatable bonds is 6. The third-order valence-electron chi connectivity index (χ3n) is 2.65. The largest absolute Gasteiger partial charge is 0.478 e. The summed E-state index contributed by atoms with van der Waals surface area (Å²) in [5.74, 6) is -1.04. The van der Waals surface area contributed by atoms with E-state index < -0.39 is 5.97 Å². The van der Waals surface area contributed by atoms with Gasteiger partial charge in [0, 0.05) is 19.3 Å². The second-order valence-corrected chi connectivity index (χ2v) is 3.99. The molecule has 2 N–H and O–H groups in total. The molecule has 0 saturated heterocycles. The SMILES string of the molecule is CCN(CCC#N)C(=O)NCc1cc(C(=O)O)ccn1. The van der Waals surface area contributed by atoms with Crippen LogP contribution in [0.4, 0.5) is 4.79 Å². The molecule has 0 aromatic carbocycles. The number of aromatic carboxylic acids is 1. The number of urea groups is 1. The molecule has 0 spiro atoms. The third kappa shape index (κ3) is 4.57. The molecule has 0 fully saturated rings. The molecule has 1 heterocycles. The van der Waals surface area contributed by atoms with Gasteiger partial charge in [0.2, 0.25) is 0 Å². The summed E-state index contributed by atoms with van der Waals surface area (Å²) in [4.78, 5) is 28.1. The molecule has 2 amide bonds. The lowest BCUT2D eigenvalue weighted by Crippen LogP contribution is -2.40. The van der Waals surface area contributed by atoms with E-state index in [1.54, 1.807) is 0 Å². The van der Waals surface area contributed by atoms with E-state index in [0.29, 0.717) is 18.8 Å². The summed E-state index contributed by atoms with van der Waals surface area (Å²) in [6, 6.07) is 4.48. The predicted molar refractivity (Wildman–Crippen MR) is 70.9 cm³/mol. The summed E-state index contributed by atoms with van der Waals surface area (Å²) in [5, 5.41) is 20.0. The molecule has 0 bridgehead atoms. The molecule has 7 heteroatoms. The summed E-state index contributed by atoms with van der Waals surface area (Å²) < 4.78 is 0. The Morgan fingerprint density at radius 2 is 2.30 bits per heavy atom. The van der Waals surface area contributed by atoms with Gasteiger partial charge >= 0.3 is 12.0 Å². The van der Waals surface area contributed by atoms with E-state index in [1.807, 2.05) is 13.0 Å². The van der Waals surface area contributed by atoms with Crippen molar-refractivity contribution in [1.82, 2.24) is 15.2 Å². The quantitative estimate of drug-likeness (QED) is 0.812. The Morgan fingerprint density at radius 3 is 2.90 bits per heavy atom. The van der Waals surface area contributed by atoms with Crippen molar-refractivity contribution < 1.29 is 14.7 Å². The predicted octanol–water partition coefficient (Wildman–Crippen LogP) is 1.22. The number of carboxylic acids is 1. The average molecular weight is 276 g/mol. The van der Waals surface area contributed by atoms with Crippen LogP contribution in [0.3, 0.4) is 0 Å². The number of carbonyl (C=O) groups excluding carboxylic acids is 1. The molecule has 1 aromatic rings. The van der Waals surface area contributed by atoms with Gasteiger partial charge in [0.05, 0.1) is 30.3 Å². The normalized spacial score (nSPS) is 9.60. The van der Waals surface area contributed by atoms with E-state index in [2.05, 4.69) is 10.3 Å². The van der Waals surface area contributed by atoms with Crippen LogP contribution >= 0.6 is 0 Å². The third-order valence-corrected chi connectivity index (χ3v) is 2.65. The van der Waals surface area contributed by atoms with Gasteiger partial charge in [-0.05, 0) is 19.1 Å². The number of carbonyl (C=O) groups is 2. The second-order valence-electron chi connectivity index (χ2n) is 3.99. The number of amides is 2. The number of aromatic nitrogens is 1. The van der Waals surface area contributed by atoms with Crippen molar-refractivity contribution in [2.45, 2.75) is 19.9 Å². The highest BCUT2D eigenvalue weighted by atomic mass is 16.4. The topological polar surface area (TPSA) is 106 Å². The Kier molecular flexibility index (Phi) is 5.97.